The summed E-state index contributed by atoms with van der Waals surface area (Å²) in [6, 6.07) is -0.199. The molecule has 0 aromatic rings. The van der Waals surface area contributed by atoms with Crippen molar-refractivity contribution in [1.29, 1.82) is 0 Å². The molecule has 1 atom stereocenters. The lowest BCUT2D eigenvalue weighted by molar-refractivity contribution is -0.114. The van der Waals surface area contributed by atoms with Gasteiger partial charge in [0.15, 0.2) is 0 Å². The highest BCUT2D eigenvalue weighted by atomic mass is 16.1. The Morgan fingerprint density at radius 2 is 1.60 bits per heavy atom. The third-order valence-corrected chi connectivity index (χ3v) is 2.56. The lowest BCUT2D eigenvalue weighted by Gasteiger charge is -2.17. The second-order valence-corrected chi connectivity index (χ2v) is 3.90. The molecule has 3 heteroatoms. The molecule has 88 valence electrons. The van der Waals surface area contributed by atoms with E-state index in [0.29, 0.717) is 5.57 Å². The Kier molecular flexibility index (Phi) is 7.05. The smallest absolute Gasteiger partial charge is 0.246 e. The number of rotatable bonds is 7. The van der Waals surface area contributed by atoms with E-state index < -0.39 is 0 Å². The van der Waals surface area contributed by atoms with E-state index in [0.717, 1.165) is 37.7 Å². The summed E-state index contributed by atoms with van der Waals surface area (Å²) in [4.78, 5) is 11.4. The van der Waals surface area contributed by atoms with Gasteiger partial charge in [0.05, 0.1) is 0 Å². The fourth-order valence-electron chi connectivity index (χ4n) is 1.82. The van der Waals surface area contributed by atoms with Crippen molar-refractivity contribution in [2.45, 2.75) is 58.9 Å². The van der Waals surface area contributed by atoms with E-state index in [2.05, 4.69) is 13.8 Å². The van der Waals surface area contributed by atoms with E-state index in [-0.39, 0.29) is 11.9 Å². The fraction of sp³-hybridized carbons (Fsp3) is 0.750. The number of primary amides is 1. The Bertz CT molecular complexity index is 226. The highest BCUT2D eigenvalue weighted by Crippen LogP contribution is 2.20. The number of carbonyl (C=O) groups excluding carboxylic acids is 1. The van der Waals surface area contributed by atoms with Gasteiger partial charge in [-0.25, -0.2) is 0 Å². The van der Waals surface area contributed by atoms with Crippen molar-refractivity contribution >= 4 is 5.91 Å². The number of hydrogen-bond donors (Lipinski definition) is 2. The number of amides is 1. The minimum absolute atomic E-state index is 0.199. The van der Waals surface area contributed by atoms with E-state index >= 15 is 0 Å². The van der Waals surface area contributed by atoms with Crippen LogP contribution < -0.4 is 11.5 Å². The van der Waals surface area contributed by atoms with Gasteiger partial charge in [-0.1, -0.05) is 39.2 Å². The molecule has 0 aliphatic rings. The number of carbonyl (C=O) groups is 1. The Morgan fingerprint density at radius 3 is 1.87 bits per heavy atom. The average Bonchev–Trinajstić information content (AvgIpc) is 2.18. The number of allylic oxidation sites excluding steroid dienone is 1. The molecule has 0 aromatic carbocycles. The molecule has 0 radical (unpaired) electrons. The minimum atomic E-state index is -0.346. The molecule has 15 heavy (non-hydrogen) atoms. The summed E-state index contributed by atoms with van der Waals surface area (Å²) in [7, 11) is 0. The Labute approximate surface area is 92.9 Å². The van der Waals surface area contributed by atoms with Crippen LogP contribution in [0.3, 0.4) is 0 Å². The maximum atomic E-state index is 11.4. The molecular formula is C12H24N2O. The van der Waals surface area contributed by atoms with E-state index in [1.807, 2.05) is 6.92 Å². The standard InChI is InChI=1S/C12H24N2O/c1-4-7-9(8-5-2)11(12(14)15)10(13)6-3/h10H,4-8,13H2,1-3H3,(H2,14,15). The number of hydrogen-bond acceptors (Lipinski definition) is 2. The van der Waals surface area contributed by atoms with Crippen LogP contribution in [0.1, 0.15) is 52.9 Å². The van der Waals surface area contributed by atoms with Crippen LogP contribution in [-0.4, -0.2) is 11.9 Å². The molecule has 0 rings (SSSR count). The van der Waals surface area contributed by atoms with Crippen molar-refractivity contribution in [3.63, 3.8) is 0 Å². The van der Waals surface area contributed by atoms with Crippen molar-refractivity contribution in [2.24, 2.45) is 11.5 Å². The molecule has 0 saturated heterocycles. The summed E-state index contributed by atoms with van der Waals surface area (Å²) in [6.45, 7) is 6.18. The van der Waals surface area contributed by atoms with Crippen LogP contribution in [0.25, 0.3) is 0 Å². The van der Waals surface area contributed by atoms with Gasteiger partial charge in [0.1, 0.15) is 0 Å². The quantitative estimate of drug-likeness (QED) is 0.634. The highest BCUT2D eigenvalue weighted by molar-refractivity contribution is 5.94. The van der Waals surface area contributed by atoms with Crippen LogP contribution in [0.4, 0.5) is 0 Å². The van der Waals surface area contributed by atoms with E-state index in [4.69, 9.17) is 11.5 Å². The molecule has 0 aliphatic carbocycles. The molecule has 0 spiro atoms. The van der Waals surface area contributed by atoms with E-state index in [1.54, 1.807) is 0 Å². The molecule has 0 bridgehead atoms. The van der Waals surface area contributed by atoms with Gasteiger partial charge in [0.2, 0.25) is 5.91 Å². The Morgan fingerprint density at radius 1 is 1.13 bits per heavy atom. The molecule has 1 unspecified atom stereocenters. The van der Waals surface area contributed by atoms with Crippen LogP contribution in [0.15, 0.2) is 11.1 Å². The summed E-state index contributed by atoms with van der Waals surface area (Å²) in [5.74, 6) is -0.346. The third-order valence-electron chi connectivity index (χ3n) is 2.56. The third kappa shape index (κ3) is 4.47. The summed E-state index contributed by atoms with van der Waals surface area (Å²) in [5, 5.41) is 0. The van der Waals surface area contributed by atoms with E-state index in [9.17, 15) is 4.79 Å². The second kappa shape index (κ2) is 7.46. The molecule has 1 amide bonds. The van der Waals surface area contributed by atoms with Crippen LogP contribution >= 0.6 is 0 Å². The van der Waals surface area contributed by atoms with Gasteiger partial charge in [-0.15, -0.1) is 0 Å². The zero-order chi connectivity index (χ0) is 11.8. The first-order chi connectivity index (χ1) is 7.08. The first-order valence-electron chi connectivity index (χ1n) is 5.85. The van der Waals surface area contributed by atoms with Gasteiger partial charge in [0, 0.05) is 11.6 Å². The largest absolute Gasteiger partial charge is 0.366 e. The second-order valence-electron chi connectivity index (χ2n) is 3.90. The van der Waals surface area contributed by atoms with Crippen LogP contribution in [0.2, 0.25) is 0 Å². The summed E-state index contributed by atoms with van der Waals surface area (Å²) in [6.07, 6.45) is 4.68. The first kappa shape index (κ1) is 14.2. The predicted octanol–water partition coefficient (Wildman–Crippen LogP) is 2.11. The van der Waals surface area contributed by atoms with Gasteiger partial charge < -0.3 is 11.5 Å². The molecular weight excluding hydrogens is 188 g/mol. The summed E-state index contributed by atoms with van der Waals surface area (Å²) < 4.78 is 0. The maximum Gasteiger partial charge on any atom is 0.246 e. The molecule has 4 N–H and O–H groups in total. The Hall–Kier alpha value is -0.830. The van der Waals surface area contributed by atoms with Crippen molar-refractivity contribution in [1.82, 2.24) is 0 Å². The molecule has 0 saturated carbocycles. The molecule has 0 fully saturated rings. The normalized spacial score (nSPS) is 12.3. The van der Waals surface area contributed by atoms with Crippen LogP contribution in [0, 0.1) is 0 Å². The van der Waals surface area contributed by atoms with Crippen molar-refractivity contribution in [3.8, 4) is 0 Å². The zero-order valence-corrected chi connectivity index (χ0v) is 10.2. The van der Waals surface area contributed by atoms with Crippen LogP contribution in [0.5, 0.6) is 0 Å². The first-order valence-corrected chi connectivity index (χ1v) is 5.85. The van der Waals surface area contributed by atoms with Gasteiger partial charge in [-0.3, -0.25) is 4.79 Å². The molecule has 0 aromatic heterocycles. The topological polar surface area (TPSA) is 69.1 Å². The SMILES string of the molecule is CCCC(CCC)=C(C(N)=O)C(N)CC. The lowest BCUT2D eigenvalue weighted by Crippen LogP contribution is -2.32. The summed E-state index contributed by atoms with van der Waals surface area (Å²) in [5.41, 5.74) is 13.1. The van der Waals surface area contributed by atoms with Gasteiger partial charge in [-0.2, -0.15) is 0 Å². The maximum absolute atomic E-state index is 11.4. The molecule has 0 aliphatic heterocycles. The van der Waals surface area contributed by atoms with Crippen LogP contribution in [-0.2, 0) is 4.79 Å². The van der Waals surface area contributed by atoms with Gasteiger partial charge in [-0.05, 0) is 19.3 Å². The highest BCUT2D eigenvalue weighted by Gasteiger charge is 2.17. The van der Waals surface area contributed by atoms with Crippen molar-refractivity contribution in [3.05, 3.63) is 11.1 Å². The number of nitrogens with two attached hydrogens (primary N) is 2. The predicted molar refractivity (Wildman–Crippen MR) is 64.3 cm³/mol. The van der Waals surface area contributed by atoms with Crippen molar-refractivity contribution < 1.29 is 4.79 Å². The monoisotopic (exact) mass is 212 g/mol. The fourth-order valence-corrected chi connectivity index (χ4v) is 1.82. The lowest BCUT2D eigenvalue weighted by atomic mass is 9.93. The molecule has 3 nitrogen and oxygen atoms in total. The van der Waals surface area contributed by atoms with Crippen molar-refractivity contribution in [2.75, 3.05) is 0 Å². The summed E-state index contributed by atoms with van der Waals surface area (Å²) >= 11 is 0. The van der Waals surface area contributed by atoms with Gasteiger partial charge >= 0.3 is 0 Å². The zero-order valence-electron chi connectivity index (χ0n) is 10.2. The Balaban J connectivity index is 5.04. The minimum Gasteiger partial charge on any atom is -0.366 e. The molecule has 0 heterocycles. The van der Waals surface area contributed by atoms with Gasteiger partial charge in [0.25, 0.3) is 0 Å². The average molecular weight is 212 g/mol. The van der Waals surface area contributed by atoms with E-state index in [1.165, 1.54) is 0 Å².